The maximum atomic E-state index is 4.69. The molecule has 3 heterocycles. The number of fused-ring (bicyclic) bond motifs is 2. The van der Waals surface area contributed by atoms with E-state index in [1.54, 1.807) is 0 Å². The molecule has 0 aliphatic heterocycles. The van der Waals surface area contributed by atoms with E-state index < -0.39 is 0 Å². The summed E-state index contributed by atoms with van der Waals surface area (Å²) in [6.07, 6.45) is 14.9. The third-order valence-corrected chi connectivity index (χ3v) is 5.02. The molecule has 0 fully saturated rings. The molecule has 0 unspecified atom stereocenters. The van der Waals surface area contributed by atoms with Gasteiger partial charge < -0.3 is 0 Å². The van der Waals surface area contributed by atoms with Crippen molar-refractivity contribution in [3.05, 3.63) is 77.6 Å². The number of nitrogens with zero attached hydrogens (tertiary/aromatic N) is 5. The summed E-state index contributed by atoms with van der Waals surface area (Å²) in [4.78, 5) is 4.69. The van der Waals surface area contributed by atoms with Gasteiger partial charge in [-0.05, 0) is 34.4 Å². The molecule has 0 saturated heterocycles. The van der Waals surface area contributed by atoms with E-state index in [0.29, 0.717) is 0 Å². The molecule has 0 bridgehead atoms. The molecule has 27 heavy (non-hydrogen) atoms. The molecule has 5 heteroatoms. The van der Waals surface area contributed by atoms with Crippen LogP contribution in [0.2, 0.25) is 0 Å². The fourth-order valence-corrected chi connectivity index (χ4v) is 3.59. The third-order valence-electron chi connectivity index (χ3n) is 5.02. The standard InChI is InChI=1S/C22H19N5/c1-26-13-20(11-24-26)16-4-3-15-5-6-22-18(8-17(15)7-16)9-19(10-23-22)21-12-25-27(2)14-21/h3-7,9-14H,8H2,1-2H3. The number of aromatic nitrogens is 5. The number of hydrogen-bond acceptors (Lipinski definition) is 3. The van der Waals surface area contributed by atoms with Crippen molar-refractivity contribution in [2.24, 2.45) is 14.1 Å². The Hall–Kier alpha value is -3.47. The van der Waals surface area contributed by atoms with Crippen LogP contribution in [0.15, 0.2) is 55.2 Å². The van der Waals surface area contributed by atoms with E-state index >= 15 is 0 Å². The van der Waals surface area contributed by atoms with Gasteiger partial charge in [-0.2, -0.15) is 10.2 Å². The quantitative estimate of drug-likeness (QED) is 0.483. The first-order chi connectivity index (χ1) is 13.2. The van der Waals surface area contributed by atoms with Crippen molar-refractivity contribution < 1.29 is 0 Å². The number of rotatable bonds is 2. The first-order valence-electron chi connectivity index (χ1n) is 8.94. The van der Waals surface area contributed by atoms with Crippen LogP contribution in [0.1, 0.15) is 22.4 Å². The van der Waals surface area contributed by atoms with Gasteiger partial charge >= 0.3 is 0 Å². The van der Waals surface area contributed by atoms with Gasteiger partial charge in [0.25, 0.3) is 0 Å². The smallest absolute Gasteiger partial charge is 0.0665 e. The van der Waals surface area contributed by atoms with E-state index in [-0.39, 0.29) is 0 Å². The highest BCUT2D eigenvalue weighted by atomic mass is 15.2. The molecule has 5 nitrogen and oxygen atoms in total. The van der Waals surface area contributed by atoms with Crippen molar-refractivity contribution in [3.63, 3.8) is 0 Å². The van der Waals surface area contributed by atoms with Crippen molar-refractivity contribution >= 4 is 12.2 Å². The summed E-state index contributed by atoms with van der Waals surface area (Å²) >= 11 is 0. The van der Waals surface area contributed by atoms with Crippen LogP contribution in [0.5, 0.6) is 0 Å². The van der Waals surface area contributed by atoms with Crippen LogP contribution in [0.25, 0.3) is 34.4 Å². The largest absolute Gasteiger partial charge is 0.275 e. The second-order valence-electron chi connectivity index (χ2n) is 7.00. The van der Waals surface area contributed by atoms with Crippen molar-refractivity contribution in [2.45, 2.75) is 6.42 Å². The van der Waals surface area contributed by atoms with Gasteiger partial charge in [0.1, 0.15) is 0 Å². The summed E-state index contributed by atoms with van der Waals surface area (Å²) in [5, 5.41) is 8.57. The van der Waals surface area contributed by atoms with E-state index in [1.807, 2.05) is 54.4 Å². The summed E-state index contributed by atoms with van der Waals surface area (Å²) in [6, 6.07) is 8.84. The minimum absolute atomic E-state index is 0.854. The van der Waals surface area contributed by atoms with Gasteiger partial charge in [0.15, 0.2) is 0 Å². The highest BCUT2D eigenvalue weighted by molar-refractivity contribution is 5.77. The molecular formula is C22H19N5. The van der Waals surface area contributed by atoms with E-state index in [2.05, 4.69) is 46.6 Å². The van der Waals surface area contributed by atoms with Crippen molar-refractivity contribution in [1.29, 1.82) is 0 Å². The Morgan fingerprint density at radius 2 is 1.44 bits per heavy atom. The van der Waals surface area contributed by atoms with Gasteiger partial charge in [-0.15, -0.1) is 0 Å². The summed E-state index contributed by atoms with van der Waals surface area (Å²) in [7, 11) is 3.87. The van der Waals surface area contributed by atoms with Crippen LogP contribution < -0.4 is 0 Å². The molecule has 0 amide bonds. The number of pyridine rings is 1. The second-order valence-corrected chi connectivity index (χ2v) is 7.00. The van der Waals surface area contributed by atoms with Crippen LogP contribution >= 0.6 is 0 Å². The first-order valence-corrected chi connectivity index (χ1v) is 8.94. The molecule has 0 radical (unpaired) electrons. The van der Waals surface area contributed by atoms with Crippen molar-refractivity contribution in [1.82, 2.24) is 24.5 Å². The van der Waals surface area contributed by atoms with Crippen LogP contribution in [-0.4, -0.2) is 24.5 Å². The lowest BCUT2D eigenvalue weighted by Gasteiger charge is -2.09. The average Bonchev–Trinajstić information content (AvgIpc) is 3.25. The maximum Gasteiger partial charge on any atom is 0.0665 e. The van der Waals surface area contributed by atoms with Gasteiger partial charge in [0.2, 0.25) is 0 Å². The predicted octanol–water partition coefficient (Wildman–Crippen LogP) is 3.96. The SMILES string of the molecule is Cn1cc(-c2ccc3c(c2)Cc2cc(-c4cnn(C)c4)cnc2C=C3)cn1. The molecule has 132 valence electrons. The average molecular weight is 353 g/mol. The van der Waals surface area contributed by atoms with Gasteiger partial charge in [0, 0.05) is 55.8 Å². The Labute approximate surface area is 157 Å². The zero-order valence-corrected chi connectivity index (χ0v) is 15.3. The summed E-state index contributed by atoms with van der Waals surface area (Å²) in [5.41, 5.74) is 9.31. The van der Waals surface area contributed by atoms with Crippen molar-refractivity contribution in [3.8, 4) is 22.3 Å². The zero-order valence-electron chi connectivity index (χ0n) is 15.3. The van der Waals surface area contributed by atoms with E-state index in [0.717, 1.165) is 28.8 Å². The van der Waals surface area contributed by atoms with E-state index in [9.17, 15) is 0 Å². The van der Waals surface area contributed by atoms with Gasteiger partial charge in [-0.25, -0.2) is 0 Å². The van der Waals surface area contributed by atoms with Crippen LogP contribution in [0, 0.1) is 0 Å². The Bertz CT molecular complexity index is 1090. The third kappa shape index (κ3) is 2.87. The normalized spacial score (nSPS) is 12.5. The van der Waals surface area contributed by atoms with E-state index in [4.69, 9.17) is 4.98 Å². The fourth-order valence-electron chi connectivity index (χ4n) is 3.59. The van der Waals surface area contributed by atoms with E-state index in [1.165, 1.54) is 22.3 Å². The monoisotopic (exact) mass is 353 g/mol. The Balaban J connectivity index is 1.56. The lowest BCUT2D eigenvalue weighted by atomic mass is 9.96. The van der Waals surface area contributed by atoms with Gasteiger partial charge in [-0.3, -0.25) is 14.3 Å². The summed E-state index contributed by atoms with van der Waals surface area (Å²) in [6.45, 7) is 0. The van der Waals surface area contributed by atoms with Gasteiger partial charge in [0.05, 0.1) is 18.1 Å². The fraction of sp³-hybridized carbons (Fsp3) is 0.136. The van der Waals surface area contributed by atoms with Crippen LogP contribution in [-0.2, 0) is 20.5 Å². The molecule has 0 atom stereocenters. The maximum absolute atomic E-state index is 4.69. The molecule has 0 saturated carbocycles. The number of benzene rings is 1. The van der Waals surface area contributed by atoms with Crippen LogP contribution in [0.4, 0.5) is 0 Å². The second kappa shape index (κ2) is 6.06. The minimum atomic E-state index is 0.854. The number of aryl methyl sites for hydroxylation is 2. The van der Waals surface area contributed by atoms with Gasteiger partial charge in [-0.1, -0.05) is 24.3 Å². The summed E-state index contributed by atoms with van der Waals surface area (Å²) < 4.78 is 3.65. The molecule has 3 aromatic heterocycles. The highest BCUT2D eigenvalue weighted by Crippen LogP contribution is 2.30. The number of hydrogen-bond donors (Lipinski definition) is 0. The molecule has 1 aliphatic carbocycles. The molecule has 5 rings (SSSR count). The highest BCUT2D eigenvalue weighted by Gasteiger charge is 2.14. The Morgan fingerprint density at radius 1 is 0.741 bits per heavy atom. The molecular weight excluding hydrogens is 334 g/mol. The molecule has 4 aromatic rings. The zero-order chi connectivity index (χ0) is 18.4. The first kappa shape index (κ1) is 15.8. The molecule has 0 N–H and O–H groups in total. The van der Waals surface area contributed by atoms with Crippen LogP contribution in [0.3, 0.4) is 0 Å². The Kier molecular flexibility index (Phi) is 3.53. The summed E-state index contributed by atoms with van der Waals surface area (Å²) in [5.74, 6) is 0. The Morgan fingerprint density at radius 3 is 2.15 bits per heavy atom. The lowest BCUT2D eigenvalue weighted by Crippen LogP contribution is -1.96. The topological polar surface area (TPSA) is 48.5 Å². The molecule has 0 spiro atoms. The lowest BCUT2D eigenvalue weighted by molar-refractivity contribution is 0.768. The predicted molar refractivity (Wildman–Crippen MR) is 107 cm³/mol. The molecule has 1 aliphatic rings. The molecule has 1 aromatic carbocycles. The minimum Gasteiger partial charge on any atom is -0.275 e. The van der Waals surface area contributed by atoms with Crippen molar-refractivity contribution in [2.75, 3.05) is 0 Å².